The number of aromatic nitrogens is 1. The molecule has 1 heterocycles. The molecule has 19 heavy (non-hydrogen) atoms. The van der Waals surface area contributed by atoms with Crippen molar-refractivity contribution in [2.24, 2.45) is 0 Å². The maximum atomic E-state index is 4.31. The summed E-state index contributed by atoms with van der Waals surface area (Å²) in [6.07, 6.45) is 4.23. The third-order valence-electron chi connectivity index (χ3n) is 3.34. The Bertz CT molecular complexity index is 476. The zero-order valence-corrected chi connectivity index (χ0v) is 11.8. The Balaban J connectivity index is 1.72. The molecule has 0 fully saturated rings. The van der Waals surface area contributed by atoms with Crippen molar-refractivity contribution < 1.29 is 0 Å². The maximum absolute atomic E-state index is 4.31. The van der Waals surface area contributed by atoms with Crippen LogP contribution in [0.4, 0.5) is 0 Å². The number of nitrogens with one attached hydrogen (secondary N) is 1. The van der Waals surface area contributed by atoms with Gasteiger partial charge in [0.05, 0.1) is 0 Å². The first kappa shape index (κ1) is 13.8. The van der Waals surface area contributed by atoms with Crippen LogP contribution >= 0.6 is 0 Å². The molecule has 1 aromatic carbocycles. The number of pyridine rings is 1. The number of nitrogens with zero attached hydrogens (tertiary/aromatic N) is 1. The minimum absolute atomic E-state index is 0.515. The lowest BCUT2D eigenvalue weighted by molar-refractivity contribution is 0.513. The van der Waals surface area contributed by atoms with Crippen molar-refractivity contribution in [2.45, 2.75) is 39.3 Å². The monoisotopic (exact) mass is 254 g/mol. The molecule has 0 radical (unpaired) electrons. The maximum Gasteiger partial charge on any atom is 0.0372 e. The van der Waals surface area contributed by atoms with Crippen LogP contribution in [0.15, 0.2) is 48.7 Å². The zero-order valence-electron chi connectivity index (χ0n) is 11.8. The topological polar surface area (TPSA) is 24.9 Å². The summed E-state index contributed by atoms with van der Waals surface area (Å²) >= 11 is 0. The van der Waals surface area contributed by atoms with E-state index in [0.29, 0.717) is 6.04 Å². The molecule has 1 aromatic heterocycles. The first-order chi connectivity index (χ1) is 9.24. The lowest BCUT2D eigenvalue weighted by Crippen LogP contribution is -2.26. The van der Waals surface area contributed by atoms with Crippen molar-refractivity contribution in [1.82, 2.24) is 10.3 Å². The van der Waals surface area contributed by atoms with Crippen LogP contribution in [0, 0.1) is 6.92 Å². The second kappa shape index (κ2) is 7.05. The Kier molecular flexibility index (Phi) is 5.10. The zero-order chi connectivity index (χ0) is 13.5. The second-order valence-electron chi connectivity index (χ2n) is 5.11. The molecule has 1 unspecified atom stereocenters. The normalized spacial score (nSPS) is 12.3. The van der Waals surface area contributed by atoms with Gasteiger partial charge in [0, 0.05) is 24.5 Å². The Morgan fingerprint density at radius 1 is 1.05 bits per heavy atom. The molecule has 0 aliphatic heterocycles. The van der Waals surface area contributed by atoms with Gasteiger partial charge < -0.3 is 5.32 Å². The molecular weight excluding hydrogens is 232 g/mol. The van der Waals surface area contributed by atoms with E-state index in [1.165, 1.54) is 11.1 Å². The second-order valence-corrected chi connectivity index (χ2v) is 5.11. The Hall–Kier alpha value is -1.67. The number of rotatable bonds is 6. The van der Waals surface area contributed by atoms with E-state index in [-0.39, 0.29) is 0 Å². The molecule has 0 saturated carbocycles. The van der Waals surface area contributed by atoms with E-state index in [4.69, 9.17) is 0 Å². The van der Waals surface area contributed by atoms with Crippen molar-refractivity contribution in [3.8, 4) is 0 Å². The minimum Gasteiger partial charge on any atom is -0.310 e. The highest BCUT2D eigenvalue weighted by atomic mass is 14.9. The van der Waals surface area contributed by atoms with Crippen LogP contribution in [0.25, 0.3) is 0 Å². The molecule has 0 bridgehead atoms. The van der Waals surface area contributed by atoms with E-state index in [2.05, 4.69) is 59.7 Å². The molecule has 0 spiro atoms. The highest BCUT2D eigenvalue weighted by Crippen LogP contribution is 2.06. The van der Waals surface area contributed by atoms with Crippen LogP contribution in [0.1, 0.15) is 30.2 Å². The predicted octanol–water partition coefficient (Wildman–Crippen LogP) is 3.50. The average Bonchev–Trinajstić information content (AvgIpc) is 2.45. The van der Waals surface area contributed by atoms with E-state index in [0.717, 1.165) is 25.1 Å². The molecular formula is C17H22N2. The fourth-order valence-electron chi connectivity index (χ4n) is 2.02. The van der Waals surface area contributed by atoms with Gasteiger partial charge >= 0.3 is 0 Å². The minimum atomic E-state index is 0.515. The molecule has 2 rings (SSSR count). The molecule has 100 valence electrons. The number of aryl methyl sites for hydroxylation is 2. The molecule has 0 saturated heterocycles. The van der Waals surface area contributed by atoms with Crippen LogP contribution < -0.4 is 5.32 Å². The average molecular weight is 254 g/mol. The smallest absolute Gasteiger partial charge is 0.0372 e. The molecule has 0 amide bonds. The summed E-state index contributed by atoms with van der Waals surface area (Å²) in [6, 6.07) is 15.4. The SMILES string of the molecule is Cc1ccc(CNC(C)CCc2ccccc2)cn1. The number of hydrogen-bond donors (Lipinski definition) is 1. The highest BCUT2D eigenvalue weighted by Gasteiger charge is 2.02. The largest absolute Gasteiger partial charge is 0.310 e. The predicted molar refractivity (Wildman–Crippen MR) is 80.0 cm³/mol. The van der Waals surface area contributed by atoms with Crippen LogP contribution in [0.2, 0.25) is 0 Å². The summed E-state index contributed by atoms with van der Waals surface area (Å²) in [6.45, 7) is 5.15. The van der Waals surface area contributed by atoms with Gasteiger partial charge in [-0.2, -0.15) is 0 Å². The molecule has 0 aliphatic carbocycles. The van der Waals surface area contributed by atoms with Gasteiger partial charge in [0.2, 0.25) is 0 Å². The summed E-state index contributed by atoms with van der Waals surface area (Å²) < 4.78 is 0. The van der Waals surface area contributed by atoms with Crippen LogP contribution in [-0.4, -0.2) is 11.0 Å². The lowest BCUT2D eigenvalue weighted by Gasteiger charge is -2.13. The third-order valence-corrected chi connectivity index (χ3v) is 3.34. The molecule has 2 aromatic rings. The Morgan fingerprint density at radius 3 is 2.53 bits per heavy atom. The fraction of sp³-hybridized carbons (Fsp3) is 0.353. The summed E-state index contributed by atoms with van der Waals surface area (Å²) in [5.74, 6) is 0. The van der Waals surface area contributed by atoms with Gasteiger partial charge in [-0.1, -0.05) is 36.4 Å². The van der Waals surface area contributed by atoms with Gasteiger partial charge in [-0.15, -0.1) is 0 Å². The van der Waals surface area contributed by atoms with Crippen LogP contribution in [0.5, 0.6) is 0 Å². The molecule has 0 aliphatic rings. The van der Waals surface area contributed by atoms with Crippen molar-refractivity contribution in [3.05, 3.63) is 65.5 Å². The first-order valence-corrected chi connectivity index (χ1v) is 6.93. The Morgan fingerprint density at radius 2 is 1.84 bits per heavy atom. The van der Waals surface area contributed by atoms with Crippen LogP contribution in [0.3, 0.4) is 0 Å². The molecule has 2 nitrogen and oxygen atoms in total. The van der Waals surface area contributed by atoms with E-state index in [1.54, 1.807) is 0 Å². The molecule has 2 heteroatoms. The lowest BCUT2D eigenvalue weighted by atomic mass is 10.1. The van der Waals surface area contributed by atoms with E-state index in [9.17, 15) is 0 Å². The summed E-state index contributed by atoms with van der Waals surface area (Å²) in [4.78, 5) is 4.31. The summed E-state index contributed by atoms with van der Waals surface area (Å²) in [5.41, 5.74) is 3.73. The quantitative estimate of drug-likeness (QED) is 0.853. The van der Waals surface area contributed by atoms with Crippen LogP contribution in [-0.2, 0) is 13.0 Å². The number of hydrogen-bond acceptors (Lipinski definition) is 2. The van der Waals surface area contributed by atoms with Crippen molar-refractivity contribution in [1.29, 1.82) is 0 Å². The van der Waals surface area contributed by atoms with E-state index in [1.807, 2.05) is 13.1 Å². The summed E-state index contributed by atoms with van der Waals surface area (Å²) in [5, 5.41) is 3.55. The molecule has 1 N–H and O–H groups in total. The van der Waals surface area contributed by atoms with E-state index < -0.39 is 0 Å². The number of benzene rings is 1. The molecule has 1 atom stereocenters. The standard InChI is InChI=1S/C17H22N2/c1-14(8-10-16-6-4-3-5-7-16)18-12-17-11-9-15(2)19-13-17/h3-7,9,11,13-14,18H,8,10,12H2,1-2H3. The van der Waals surface area contributed by atoms with Gasteiger partial charge in [0.25, 0.3) is 0 Å². The summed E-state index contributed by atoms with van der Waals surface area (Å²) in [7, 11) is 0. The Labute approximate surface area is 115 Å². The van der Waals surface area contributed by atoms with Gasteiger partial charge in [-0.3, -0.25) is 4.98 Å². The van der Waals surface area contributed by atoms with E-state index >= 15 is 0 Å². The first-order valence-electron chi connectivity index (χ1n) is 6.93. The fourth-order valence-corrected chi connectivity index (χ4v) is 2.02. The highest BCUT2D eigenvalue weighted by molar-refractivity contribution is 5.15. The van der Waals surface area contributed by atoms with Gasteiger partial charge in [0.15, 0.2) is 0 Å². The van der Waals surface area contributed by atoms with Gasteiger partial charge in [-0.25, -0.2) is 0 Å². The van der Waals surface area contributed by atoms with Gasteiger partial charge in [-0.05, 0) is 43.9 Å². The van der Waals surface area contributed by atoms with Gasteiger partial charge in [0.1, 0.15) is 0 Å². The third kappa shape index (κ3) is 4.84. The van der Waals surface area contributed by atoms with Crippen molar-refractivity contribution in [3.63, 3.8) is 0 Å². The van der Waals surface area contributed by atoms with Crippen molar-refractivity contribution in [2.75, 3.05) is 0 Å². The van der Waals surface area contributed by atoms with Crippen molar-refractivity contribution >= 4 is 0 Å².